The number of halogens is 3. The number of nitrogens with zero attached hydrogens (tertiary/aromatic N) is 2. The Kier molecular flexibility index (Phi) is 4.64. The fourth-order valence-electron chi connectivity index (χ4n) is 5.70. The van der Waals surface area contributed by atoms with Gasteiger partial charge in [-0.2, -0.15) is 4.98 Å². The van der Waals surface area contributed by atoms with E-state index in [0.29, 0.717) is 40.0 Å². The molecule has 2 heterocycles. The number of ketones is 1. The first-order chi connectivity index (χ1) is 15.8. The van der Waals surface area contributed by atoms with Crippen molar-refractivity contribution in [1.82, 2.24) is 10.1 Å². The second-order valence-electron chi connectivity index (χ2n) is 9.55. The van der Waals surface area contributed by atoms with E-state index in [4.69, 9.17) is 32.5 Å². The van der Waals surface area contributed by atoms with Crippen LogP contribution in [0.3, 0.4) is 0 Å². The van der Waals surface area contributed by atoms with Crippen molar-refractivity contribution in [2.24, 2.45) is 5.41 Å². The molecular weight excluding hydrogens is 470 g/mol. The van der Waals surface area contributed by atoms with Crippen molar-refractivity contribution in [3.63, 3.8) is 0 Å². The normalized spacial score (nSPS) is 29.5. The summed E-state index contributed by atoms with van der Waals surface area (Å²) in [7, 11) is 0. The minimum Gasteiger partial charge on any atom is -0.482 e. The van der Waals surface area contributed by atoms with Crippen molar-refractivity contribution in [3.8, 4) is 17.1 Å². The molecule has 3 aromatic rings. The second-order valence-corrected chi connectivity index (χ2v) is 10.4. The molecule has 0 saturated heterocycles. The first-order valence-corrected chi connectivity index (χ1v) is 11.5. The number of fused-ring (bicyclic) bond motifs is 1. The van der Waals surface area contributed by atoms with Crippen LogP contribution >= 0.6 is 23.2 Å². The lowest BCUT2D eigenvalue weighted by atomic mass is 9.34. The Labute approximate surface area is 198 Å². The maximum absolute atomic E-state index is 13.8. The molecule has 3 saturated carbocycles. The average Bonchev–Trinajstić information content (AvgIpc) is 3.21. The molecule has 9 heteroatoms. The van der Waals surface area contributed by atoms with Gasteiger partial charge in [0.05, 0.1) is 16.5 Å². The third kappa shape index (κ3) is 3.36. The monoisotopic (exact) mass is 488 g/mol. The minimum absolute atomic E-state index is 0.00851. The molecule has 1 N–H and O–H groups in total. The van der Waals surface area contributed by atoms with Crippen LogP contribution in [0, 0.1) is 11.2 Å². The summed E-state index contributed by atoms with van der Waals surface area (Å²) in [5.41, 5.74) is 0.807. The van der Waals surface area contributed by atoms with E-state index in [-0.39, 0.29) is 28.1 Å². The van der Waals surface area contributed by atoms with E-state index in [1.165, 1.54) is 12.1 Å². The Hall–Kier alpha value is -2.48. The van der Waals surface area contributed by atoms with Gasteiger partial charge in [-0.05, 0) is 61.1 Å². The number of benzene rings is 2. The first kappa shape index (κ1) is 21.1. The van der Waals surface area contributed by atoms with E-state index in [2.05, 4.69) is 10.1 Å². The van der Waals surface area contributed by atoms with Gasteiger partial charge < -0.3 is 14.4 Å². The van der Waals surface area contributed by atoms with Gasteiger partial charge in [0.25, 0.3) is 0 Å². The van der Waals surface area contributed by atoms with Crippen molar-refractivity contribution in [3.05, 3.63) is 63.7 Å². The molecule has 0 spiro atoms. The van der Waals surface area contributed by atoms with Gasteiger partial charge >= 0.3 is 0 Å². The molecule has 0 unspecified atom stereocenters. The van der Waals surface area contributed by atoms with E-state index in [1.54, 1.807) is 24.3 Å². The number of Topliss-reactive ketones (excluding diaryl/α,β-unsaturated/α-hetero) is 1. The predicted octanol–water partition coefficient (Wildman–Crippen LogP) is 5.45. The van der Waals surface area contributed by atoms with Gasteiger partial charge in [0, 0.05) is 29.0 Å². The van der Waals surface area contributed by atoms with Gasteiger partial charge in [0.15, 0.2) is 11.9 Å². The number of aliphatic hydroxyl groups is 1. The van der Waals surface area contributed by atoms with Crippen molar-refractivity contribution in [1.29, 1.82) is 0 Å². The molecule has 6 nitrogen and oxygen atoms in total. The molecule has 7 rings (SSSR count). The highest BCUT2D eigenvalue weighted by molar-refractivity contribution is 6.31. The molecule has 1 aromatic heterocycles. The maximum atomic E-state index is 13.8. The summed E-state index contributed by atoms with van der Waals surface area (Å²) in [6.45, 7) is 0. The molecule has 2 aromatic carbocycles. The van der Waals surface area contributed by atoms with Gasteiger partial charge in [-0.25, -0.2) is 4.39 Å². The van der Waals surface area contributed by atoms with Gasteiger partial charge in [-0.15, -0.1) is 0 Å². The van der Waals surface area contributed by atoms with Crippen LogP contribution < -0.4 is 4.74 Å². The lowest BCUT2D eigenvalue weighted by Crippen LogP contribution is -2.65. The second kappa shape index (κ2) is 7.26. The van der Waals surface area contributed by atoms with Crippen LogP contribution in [-0.4, -0.2) is 27.1 Å². The SMILES string of the molecule is O=C(CC12CC(c3nc(-c4ccc(Cl)c(F)c4)no3)(C1)C2)[C@@H]1C[C@H](O)c2cc(Cl)ccc2O1. The maximum Gasteiger partial charge on any atom is 0.233 e. The number of rotatable bonds is 5. The fraction of sp³-hybridized carbons (Fsp3) is 0.375. The molecule has 0 amide bonds. The molecule has 3 aliphatic carbocycles. The zero-order chi connectivity index (χ0) is 23.0. The van der Waals surface area contributed by atoms with Gasteiger partial charge in [-0.1, -0.05) is 28.4 Å². The molecule has 3 fully saturated rings. The topological polar surface area (TPSA) is 85.5 Å². The highest BCUT2D eigenvalue weighted by atomic mass is 35.5. The van der Waals surface area contributed by atoms with Crippen molar-refractivity contribution < 1.29 is 23.6 Å². The van der Waals surface area contributed by atoms with Crippen molar-refractivity contribution >= 4 is 29.0 Å². The Bertz CT molecular complexity index is 1270. The predicted molar refractivity (Wildman–Crippen MR) is 118 cm³/mol. The van der Waals surface area contributed by atoms with Crippen LogP contribution in [0.1, 0.15) is 49.7 Å². The van der Waals surface area contributed by atoms with Crippen LogP contribution in [0.2, 0.25) is 10.0 Å². The summed E-state index contributed by atoms with van der Waals surface area (Å²) in [5.74, 6) is 0.800. The summed E-state index contributed by atoms with van der Waals surface area (Å²) < 4.78 is 25.1. The van der Waals surface area contributed by atoms with Crippen LogP contribution in [0.5, 0.6) is 5.75 Å². The van der Waals surface area contributed by atoms with E-state index >= 15 is 0 Å². The highest BCUT2D eigenvalue weighted by Gasteiger charge is 2.71. The number of hydrogen-bond donors (Lipinski definition) is 1. The number of aliphatic hydroxyl groups excluding tert-OH is 1. The van der Waals surface area contributed by atoms with E-state index in [9.17, 15) is 14.3 Å². The molecule has 2 bridgehead atoms. The molecular formula is C24H19Cl2FN2O4. The smallest absolute Gasteiger partial charge is 0.233 e. The summed E-state index contributed by atoms with van der Waals surface area (Å²) in [5, 5.41) is 15.0. The largest absolute Gasteiger partial charge is 0.482 e. The number of ether oxygens (including phenoxy) is 1. The Morgan fingerprint density at radius 1 is 1.18 bits per heavy atom. The van der Waals surface area contributed by atoms with Crippen molar-refractivity contribution in [2.45, 2.75) is 49.7 Å². The number of hydrogen-bond acceptors (Lipinski definition) is 6. The fourth-order valence-corrected chi connectivity index (χ4v) is 6.00. The summed E-state index contributed by atoms with van der Waals surface area (Å²) in [6, 6.07) is 9.43. The molecule has 2 atom stereocenters. The summed E-state index contributed by atoms with van der Waals surface area (Å²) in [6.07, 6.45) is 1.50. The van der Waals surface area contributed by atoms with E-state index in [1.807, 2.05) is 0 Å². The lowest BCUT2D eigenvalue weighted by Gasteiger charge is -2.68. The standard InChI is InChI=1S/C24H19Cl2FN2O4/c25-13-2-4-19-14(6-13)17(30)7-20(32-19)18(31)8-23-9-24(10-23,11-23)22-28-21(29-33-22)12-1-3-15(26)16(27)5-12/h1-6,17,20,30H,7-11H2/t17-,20-,23?,24?/m0/s1. The van der Waals surface area contributed by atoms with Gasteiger partial charge in [-0.3, -0.25) is 4.79 Å². The Morgan fingerprint density at radius 3 is 2.73 bits per heavy atom. The van der Waals surface area contributed by atoms with E-state index < -0.39 is 18.0 Å². The Balaban J connectivity index is 1.11. The van der Waals surface area contributed by atoms with Crippen LogP contribution in [0.25, 0.3) is 11.4 Å². The van der Waals surface area contributed by atoms with Crippen LogP contribution in [0.4, 0.5) is 4.39 Å². The quantitative estimate of drug-likeness (QED) is 0.513. The third-order valence-corrected chi connectivity index (χ3v) is 7.69. The van der Waals surface area contributed by atoms with Crippen molar-refractivity contribution in [2.75, 3.05) is 0 Å². The lowest BCUT2D eigenvalue weighted by molar-refractivity contribution is -0.172. The van der Waals surface area contributed by atoms with Crippen LogP contribution in [0.15, 0.2) is 40.9 Å². The van der Waals surface area contributed by atoms with Gasteiger partial charge in [0.2, 0.25) is 11.7 Å². The van der Waals surface area contributed by atoms with Crippen LogP contribution in [-0.2, 0) is 10.2 Å². The number of carbonyl (C=O) groups excluding carboxylic acids is 1. The van der Waals surface area contributed by atoms with Gasteiger partial charge in [0.1, 0.15) is 11.6 Å². The summed E-state index contributed by atoms with van der Waals surface area (Å²) in [4.78, 5) is 17.5. The number of carbonyl (C=O) groups is 1. The molecule has 0 radical (unpaired) electrons. The molecule has 1 aliphatic heterocycles. The third-order valence-electron chi connectivity index (χ3n) is 7.14. The highest BCUT2D eigenvalue weighted by Crippen LogP contribution is 2.75. The first-order valence-electron chi connectivity index (χ1n) is 10.7. The Morgan fingerprint density at radius 2 is 1.97 bits per heavy atom. The summed E-state index contributed by atoms with van der Waals surface area (Å²) >= 11 is 11.7. The zero-order valence-corrected chi connectivity index (χ0v) is 18.9. The average molecular weight is 489 g/mol. The zero-order valence-electron chi connectivity index (χ0n) is 17.4. The number of aromatic nitrogens is 2. The molecule has 170 valence electrons. The van der Waals surface area contributed by atoms with E-state index in [0.717, 1.165) is 19.3 Å². The molecule has 33 heavy (non-hydrogen) atoms. The minimum atomic E-state index is -0.782. The molecule has 4 aliphatic rings.